The molecular weight excluding hydrogens is 204 g/mol. The minimum Gasteiger partial charge on any atom is -0.267 e. The first-order valence-corrected chi connectivity index (χ1v) is 5.17. The lowest BCUT2D eigenvalue weighted by Crippen LogP contribution is -2.19. The maximum atomic E-state index is 11.5. The van der Waals surface area contributed by atoms with Crippen LogP contribution < -0.4 is 5.56 Å². The number of aryl methyl sites for hydroxylation is 1. The number of aromatic nitrogens is 4. The molecule has 2 heterocycles. The Morgan fingerprint density at radius 1 is 1.31 bits per heavy atom. The van der Waals surface area contributed by atoms with Gasteiger partial charge in [-0.2, -0.15) is 9.78 Å². The second-order valence-corrected chi connectivity index (χ2v) is 3.38. The zero-order valence-electron chi connectivity index (χ0n) is 9.00. The highest BCUT2D eigenvalue weighted by Crippen LogP contribution is 2.00. The van der Waals surface area contributed by atoms with Gasteiger partial charge in [0.25, 0.3) is 5.56 Å². The first kappa shape index (κ1) is 10.5. The average Bonchev–Trinajstić information content (AvgIpc) is 2.31. The number of rotatable bonds is 3. The van der Waals surface area contributed by atoms with Crippen molar-refractivity contribution in [3.63, 3.8) is 0 Å². The SMILES string of the molecule is CCCc1ncc(-n2ncccc2=O)cn1. The Kier molecular flexibility index (Phi) is 3.05. The number of hydrogen-bond donors (Lipinski definition) is 0. The molecule has 0 aromatic carbocycles. The summed E-state index contributed by atoms with van der Waals surface area (Å²) in [6, 6.07) is 3.05. The molecule has 2 aromatic rings. The third-order valence-corrected chi connectivity index (χ3v) is 2.13. The van der Waals surface area contributed by atoms with E-state index in [0.29, 0.717) is 5.69 Å². The predicted molar refractivity (Wildman–Crippen MR) is 59.4 cm³/mol. The molecule has 0 aliphatic rings. The fourth-order valence-electron chi connectivity index (χ4n) is 1.36. The van der Waals surface area contributed by atoms with E-state index in [-0.39, 0.29) is 5.56 Å². The molecule has 0 bridgehead atoms. The van der Waals surface area contributed by atoms with Crippen molar-refractivity contribution in [1.29, 1.82) is 0 Å². The van der Waals surface area contributed by atoms with Gasteiger partial charge in [-0.1, -0.05) is 6.92 Å². The molecule has 0 unspecified atom stereocenters. The quantitative estimate of drug-likeness (QED) is 0.767. The summed E-state index contributed by atoms with van der Waals surface area (Å²) < 4.78 is 1.27. The highest BCUT2D eigenvalue weighted by Gasteiger charge is 2.01. The van der Waals surface area contributed by atoms with E-state index in [1.807, 2.05) is 0 Å². The predicted octanol–water partition coefficient (Wildman–Crippen LogP) is 0.975. The summed E-state index contributed by atoms with van der Waals surface area (Å²) in [6.07, 6.45) is 6.64. The van der Waals surface area contributed by atoms with E-state index < -0.39 is 0 Å². The van der Waals surface area contributed by atoms with Crippen LogP contribution in [-0.2, 0) is 6.42 Å². The average molecular weight is 216 g/mol. The Bertz CT molecular complexity index is 518. The molecule has 0 aliphatic heterocycles. The van der Waals surface area contributed by atoms with E-state index in [4.69, 9.17) is 0 Å². The van der Waals surface area contributed by atoms with Crippen LogP contribution in [0.3, 0.4) is 0 Å². The van der Waals surface area contributed by atoms with Gasteiger partial charge in [-0.3, -0.25) is 4.79 Å². The molecule has 0 radical (unpaired) electrons. The van der Waals surface area contributed by atoms with E-state index in [2.05, 4.69) is 22.0 Å². The summed E-state index contributed by atoms with van der Waals surface area (Å²) in [5.74, 6) is 0.787. The molecule has 0 N–H and O–H groups in total. The minimum atomic E-state index is -0.186. The summed E-state index contributed by atoms with van der Waals surface area (Å²) in [4.78, 5) is 19.8. The smallest absolute Gasteiger partial charge is 0.267 e. The van der Waals surface area contributed by atoms with Crippen LogP contribution in [0.25, 0.3) is 5.69 Å². The van der Waals surface area contributed by atoms with Gasteiger partial charge in [0.1, 0.15) is 11.5 Å². The largest absolute Gasteiger partial charge is 0.271 e. The second kappa shape index (κ2) is 4.65. The van der Waals surface area contributed by atoms with Crippen LogP contribution in [0.4, 0.5) is 0 Å². The lowest BCUT2D eigenvalue weighted by Gasteiger charge is -2.02. The Morgan fingerprint density at radius 2 is 2.06 bits per heavy atom. The van der Waals surface area contributed by atoms with E-state index in [9.17, 15) is 4.79 Å². The summed E-state index contributed by atoms with van der Waals surface area (Å²) in [6.45, 7) is 2.07. The Balaban J connectivity index is 2.35. The van der Waals surface area contributed by atoms with Gasteiger partial charge in [0.15, 0.2) is 0 Å². The summed E-state index contributed by atoms with van der Waals surface area (Å²) in [5, 5.41) is 3.95. The minimum absolute atomic E-state index is 0.186. The lowest BCUT2D eigenvalue weighted by molar-refractivity contribution is 0.776. The topological polar surface area (TPSA) is 60.7 Å². The first-order valence-electron chi connectivity index (χ1n) is 5.17. The fraction of sp³-hybridized carbons (Fsp3) is 0.273. The molecule has 16 heavy (non-hydrogen) atoms. The fourth-order valence-corrected chi connectivity index (χ4v) is 1.36. The standard InChI is InChI=1S/C11H12N4O/c1-2-4-10-12-7-9(8-13-10)15-11(16)5-3-6-14-15/h3,5-8H,2,4H2,1H3. The molecular formula is C11H12N4O. The normalized spacial score (nSPS) is 10.3. The van der Waals surface area contributed by atoms with Crippen LogP contribution in [-0.4, -0.2) is 19.7 Å². The van der Waals surface area contributed by atoms with E-state index in [0.717, 1.165) is 18.7 Å². The Morgan fingerprint density at radius 3 is 2.69 bits per heavy atom. The van der Waals surface area contributed by atoms with Gasteiger partial charge in [-0.15, -0.1) is 0 Å². The van der Waals surface area contributed by atoms with Crippen LogP contribution in [0.5, 0.6) is 0 Å². The zero-order valence-corrected chi connectivity index (χ0v) is 9.00. The third kappa shape index (κ3) is 2.13. The van der Waals surface area contributed by atoms with Gasteiger partial charge in [0.05, 0.1) is 12.4 Å². The molecule has 82 valence electrons. The van der Waals surface area contributed by atoms with Gasteiger partial charge < -0.3 is 0 Å². The van der Waals surface area contributed by atoms with Crippen LogP contribution in [0.1, 0.15) is 19.2 Å². The number of hydrogen-bond acceptors (Lipinski definition) is 4. The lowest BCUT2D eigenvalue weighted by atomic mass is 10.3. The molecule has 0 aliphatic carbocycles. The van der Waals surface area contributed by atoms with Crippen LogP contribution >= 0.6 is 0 Å². The second-order valence-electron chi connectivity index (χ2n) is 3.38. The van der Waals surface area contributed by atoms with Crippen molar-refractivity contribution in [3.05, 3.63) is 46.9 Å². The van der Waals surface area contributed by atoms with Crippen molar-refractivity contribution in [2.24, 2.45) is 0 Å². The van der Waals surface area contributed by atoms with Crippen LogP contribution in [0, 0.1) is 0 Å². The van der Waals surface area contributed by atoms with Crippen molar-refractivity contribution < 1.29 is 0 Å². The Labute approximate surface area is 92.8 Å². The van der Waals surface area contributed by atoms with E-state index in [1.165, 1.54) is 10.7 Å². The maximum absolute atomic E-state index is 11.5. The molecule has 2 aromatic heterocycles. The van der Waals surface area contributed by atoms with Crippen molar-refractivity contribution in [2.75, 3.05) is 0 Å². The van der Waals surface area contributed by atoms with Crippen molar-refractivity contribution in [1.82, 2.24) is 19.7 Å². The zero-order chi connectivity index (χ0) is 11.4. The molecule has 0 atom stereocenters. The van der Waals surface area contributed by atoms with Crippen LogP contribution in [0.2, 0.25) is 0 Å². The van der Waals surface area contributed by atoms with E-state index >= 15 is 0 Å². The van der Waals surface area contributed by atoms with Crippen molar-refractivity contribution in [2.45, 2.75) is 19.8 Å². The van der Waals surface area contributed by atoms with Crippen molar-refractivity contribution in [3.8, 4) is 5.69 Å². The first-order chi connectivity index (χ1) is 7.81. The molecule has 2 rings (SSSR count). The van der Waals surface area contributed by atoms with Gasteiger partial charge in [0.2, 0.25) is 0 Å². The van der Waals surface area contributed by atoms with Gasteiger partial charge in [-0.05, 0) is 12.5 Å². The molecule has 5 nitrogen and oxygen atoms in total. The molecule has 5 heteroatoms. The maximum Gasteiger partial charge on any atom is 0.271 e. The Hall–Kier alpha value is -2.04. The highest BCUT2D eigenvalue weighted by atomic mass is 16.1. The monoisotopic (exact) mass is 216 g/mol. The van der Waals surface area contributed by atoms with E-state index in [1.54, 1.807) is 24.7 Å². The molecule has 0 spiro atoms. The summed E-state index contributed by atoms with van der Waals surface area (Å²) in [5.41, 5.74) is 0.403. The van der Waals surface area contributed by atoms with Gasteiger partial charge in [0, 0.05) is 18.7 Å². The molecule has 0 fully saturated rings. The van der Waals surface area contributed by atoms with Gasteiger partial charge in [-0.25, -0.2) is 9.97 Å². The van der Waals surface area contributed by atoms with Crippen molar-refractivity contribution >= 4 is 0 Å². The number of nitrogens with zero attached hydrogens (tertiary/aromatic N) is 4. The molecule has 0 saturated carbocycles. The highest BCUT2D eigenvalue weighted by molar-refractivity contribution is 5.23. The molecule has 0 saturated heterocycles. The third-order valence-electron chi connectivity index (χ3n) is 2.13. The van der Waals surface area contributed by atoms with Crippen LogP contribution in [0.15, 0.2) is 35.5 Å². The summed E-state index contributed by atoms with van der Waals surface area (Å²) in [7, 11) is 0. The molecule has 0 amide bonds. The summed E-state index contributed by atoms with van der Waals surface area (Å²) >= 11 is 0. The van der Waals surface area contributed by atoms with Gasteiger partial charge >= 0.3 is 0 Å².